The topological polar surface area (TPSA) is 17.1 Å². The van der Waals surface area contributed by atoms with Crippen molar-refractivity contribution in [2.24, 2.45) is 5.92 Å². The van der Waals surface area contributed by atoms with Crippen LogP contribution in [0.25, 0.3) is 0 Å². The summed E-state index contributed by atoms with van der Waals surface area (Å²) >= 11 is 0. The van der Waals surface area contributed by atoms with Crippen molar-refractivity contribution in [2.45, 2.75) is 19.3 Å². The zero-order valence-electron chi connectivity index (χ0n) is 8.15. The highest BCUT2D eigenvalue weighted by Crippen LogP contribution is 2.18. The molecule has 0 radical (unpaired) electrons. The monoisotopic (exact) mass is 186 g/mol. The fourth-order valence-electron chi connectivity index (χ4n) is 1.83. The number of allylic oxidation sites excluding steroid dienone is 2. The third-order valence-corrected chi connectivity index (χ3v) is 2.64. The fraction of sp³-hybridized carbons (Fsp3) is 0.308. The van der Waals surface area contributed by atoms with Crippen molar-refractivity contribution in [1.29, 1.82) is 0 Å². The van der Waals surface area contributed by atoms with E-state index in [-0.39, 0.29) is 5.92 Å². The minimum absolute atomic E-state index is 0.117. The van der Waals surface area contributed by atoms with Crippen LogP contribution >= 0.6 is 0 Å². The van der Waals surface area contributed by atoms with Gasteiger partial charge in [-0.3, -0.25) is 4.79 Å². The molecule has 2 rings (SSSR count). The Labute approximate surface area is 84.5 Å². The van der Waals surface area contributed by atoms with E-state index in [4.69, 9.17) is 0 Å². The average Bonchev–Trinajstić information content (AvgIpc) is 2.23. The van der Waals surface area contributed by atoms with E-state index in [0.717, 1.165) is 12.8 Å². The molecule has 1 atom stereocenters. The van der Waals surface area contributed by atoms with Crippen molar-refractivity contribution in [1.82, 2.24) is 0 Å². The minimum Gasteiger partial charge on any atom is -0.299 e. The molecular formula is C13H14O. The molecule has 0 bridgehead atoms. The molecule has 0 saturated heterocycles. The van der Waals surface area contributed by atoms with E-state index >= 15 is 0 Å². The molecule has 1 aliphatic rings. The number of carbonyl (C=O) groups excluding carboxylic acids is 1. The van der Waals surface area contributed by atoms with Crippen LogP contribution in [0.3, 0.4) is 0 Å². The zero-order chi connectivity index (χ0) is 9.80. The van der Waals surface area contributed by atoms with Crippen molar-refractivity contribution >= 4 is 5.78 Å². The lowest BCUT2D eigenvalue weighted by Crippen LogP contribution is -2.17. The first-order chi connectivity index (χ1) is 6.86. The average molecular weight is 186 g/mol. The van der Waals surface area contributed by atoms with Gasteiger partial charge in [-0.15, -0.1) is 0 Å². The van der Waals surface area contributed by atoms with Gasteiger partial charge in [0, 0.05) is 12.3 Å². The summed E-state index contributed by atoms with van der Waals surface area (Å²) in [6, 6.07) is 10.2. The first kappa shape index (κ1) is 9.20. The fourth-order valence-corrected chi connectivity index (χ4v) is 1.83. The summed E-state index contributed by atoms with van der Waals surface area (Å²) in [5.74, 6) is 0.502. The molecule has 0 aliphatic heterocycles. The number of benzene rings is 1. The summed E-state index contributed by atoms with van der Waals surface area (Å²) in [5.41, 5.74) is 1.25. The molecule has 0 fully saturated rings. The summed E-state index contributed by atoms with van der Waals surface area (Å²) in [7, 11) is 0. The van der Waals surface area contributed by atoms with Gasteiger partial charge in [-0.2, -0.15) is 0 Å². The summed E-state index contributed by atoms with van der Waals surface area (Å²) < 4.78 is 0. The van der Waals surface area contributed by atoms with Crippen LogP contribution in [0, 0.1) is 5.92 Å². The smallest absolute Gasteiger partial charge is 0.140 e. The second-order valence-electron chi connectivity index (χ2n) is 3.73. The SMILES string of the molecule is O=C1CCC=CC1Cc1ccccc1. The molecule has 0 amide bonds. The van der Waals surface area contributed by atoms with E-state index in [1.807, 2.05) is 18.2 Å². The van der Waals surface area contributed by atoms with Crippen LogP contribution in [-0.2, 0) is 11.2 Å². The molecule has 1 heteroatoms. The number of carbonyl (C=O) groups is 1. The second-order valence-corrected chi connectivity index (χ2v) is 3.73. The van der Waals surface area contributed by atoms with Gasteiger partial charge in [-0.05, 0) is 18.4 Å². The molecule has 1 unspecified atom stereocenters. The Kier molecular flexibility index (Phi) is 2.78. The largest absolute Gasteiger partial charge is 0.299 e. The quantitative estimate of drug-likeness (QED) is 0.649. The van der Waals surface area contributed by atoms with Gasteiger partial charge in [0.25, 0.3) is 0 Å². The van der Waals surface area contributed by atoms with Crippen LogP contribution in [0.2, 0.25) is 0 Å². The van der Waals surface area contributed by atoms with E-state index in [1.54, 1.807) is 0 Å². The van der Waals surface area contributed by atoms with Gasteiger partial charge >= 0.3 is 0 Å². The van der Waals surface area contributed by atoms with Crippen molar-refractivity contribution in [3.05, 3.63) is 48.0 Å². The van der Waals surface area contributed by atoms with Crippen LogP contribution in [0.15, 0.2) is 42.5 Å². The third-order valence-electron chi connectivity index (χ3n) is 2.64. The summed E-state index contributed by atoms with van der Waals surface area (Å²) in [6.45, 7) is 0. The summed E-state index contributed by atoms with van der Waals surface area (Å²) in [6.07, 6.45) is 6.67. The van der Waals surface area contributed by atoms with Gasteiger partial charge in [-0.25, -0.2) is 0 Å². The van der Waals surface area contributed by atoms with E-state index in [2.05, 4.69) is 24.3 Å². The van der Waals surface area contributed by atoms with E-state index < -0.39 is 0 Å². The third kappa shape index (κ3) is 2.11. The van der Waals surface area contributed by atoms with Crippen LogP contribution in [0.4, 0.5) is 0 Å². The van der Waals surface area contributed by atoms with Gasteiger partial charge in [0.05, 0.1) is 0 Å². The number of hydrogen-bond acceptors (Lipinski definition) is 1. The Balaban J connectivity index is 2.07. The molecule has 1 aromatic rings. The second kappa shape index (κ2) is 4.23. The van der Waals surface area contributed by atoms with Gasteiger partial charge in [0.15, 0.2) is 0 Å². The highest BCUT2D eigenvalue weighted by molar-refractivity contribution is 5.84. The first-order valence-electron chi connectivity index (χ1n) is 5.09. The highest BCUT2D eigenvalue weighted by atomic mass is 16.1. The maximum absolute atomic E-state index is 11.5. The maximum Gasteiger partial charge on any atom is 0.140 e. The van der Waals surface area contributed by atoms with Crippen LogP contribution in [0.1, 0.15) is 18.4 Å². The van der Waals surface area contributed by atoms with E-state index in [9.17, 15) is 4.79 Å². The lowest BCUT2D eigenvalue weighted by atomic mass is 9.89. The normalized spacial score (nSPS) is 21.1. The van der Waals surface area contributed by atoms with Crippen LogP contribution in [0.5, 0.6) is 0 Å². The van der Waals surface area contributed by atoms with Gasteiger partial charge in [0.1, 0.15) is 5.78 Å². The number of ketones is 1. The molecule has 72 valence electrons. The lowest BCUT2D eigenvalue weighted by Gasteiger charge is -2.14. The standard InChI is InChI=1S/C13H14O/c14-13-9-5-4-8-12(13)10-11-6-2-1-3-7-11/h1-4,6-8,12H,5,9-10H2. The Bertz CT molecular complexity index is 338. The molecule has 1 aliphatic carbocycles. The van der Waals surface area contributed by atoms with Gasteiger partial charge in [-0.1, -0.05) is 42.5 Å². The molecular weight excluding hydrogens is 172 g/mol. The molecule has 0 saturated carbocycles. The van der Waals surface area contributed by atoms with Crippen molar-refractivity contribution in [3.8, 4) is 0 Å². The predicted octanol–water partition coefficient (Wildman–Crippen LogP) is 2.76. The van der Waals surface area contributed by atoms with E-state index in [0.29, 0.717) is 12.2 Å². The molecule has 0 N–H and O–H groups in total. The Morgan fingerprint density at radius 2 is 2.00 bits per heavy atom. The molecule has 1 aromatic carbocycles. The Hall–Kier alpha value is -1.37. The molecule has 0 aromatic heterocycles. The van der Waals surface area contributed by atoms with Crippen molar-refractivity contribution < 1.29 is 4.79 Å². The highest BCUT2D eigenvalue weighted by Gasteiger charge is 2.17. The van der Waals surface area contributed by atoms with E-state index in [1.165, 1.54) is 5.56 Å². The Morgan fingerprint density at radius 1 is 1.21 bits per heavy atom. The molecule has 0 heterocycles. The van der Waals surface area contributed by atoms with Crippen LogP contribution in [-0.4, -0.2) is 5.78 Å². The molecule has 1 nitrogen and oxygen atoms in total. The summed E-state index contributed by atoms with van der Waals surface area (Å²) in [4.78, 5) is 11.5. The van der Waals surface area contributed by atoms with Crippen LogP contribution < -0.4 is 0 Å². The Morgan fingerprint density at radius 3 is 2.71 bits per heavy atom. The van der Waals surface area contributed by atoms with Gasteiger partial charge < -0.3 is 0 Å². The lowest BCUT2D eigenvalue weighted by molar-refractivity contribution is -0.121. The van der Waals surface area contributed by atoms with Gasteiger partial charge in [0.2, 0.25) is 0 Å². The predicted molar refractivity (Wildman–Crippen MR) is 57.0 cm³/mol. The number of hydrogen-bond donors (Lipinski definition) is 0. The van der Waals surface area contributed by atoms with Crippen molar-refractivity contribution in [2.75, 3.05) is 0 Å². The summed E-state index contributed by atoms with van der Waals surface area (Å²) in [5, 5.41) is 0. The van der Waals surface area contributed by atoms with Crippen molar-refractivity contribution in [3.63, 3.8) is 0 Å². The molecule has 0 spiro atoms. The number of Topliss-reactive ketones (excluding diaryl/α,β-unsaturated/α-hetero) is 1. The first-order valence-corrected chi connectivity index (χ1v) is 5.09. The minimum atomic E-state index is 0.117. The maximum atomic E-state index is 11.5. The number of rotatable bonds is 2. The molecule has 14 heavy (non-hydrogen) atoms. The zero-order valence-corrected chi connectivity index (χ0v) is 8.15.